The highest BCUT2D eigenvalue weighted by atomic mass is 16.4. The van der Waals surface area contributed by atoms with Crippen LogP contribution in [0.3, 0.4) is 0 Å². The van der Waals surface area contributed by atoms with E-state index in [1.54, 1.807) is 10.9 Å². The zero-order chi connectivity index (χ0) is 13.2. The molecule has 2 aromatic rings. The fraction of sp³-hybridized carbons (Fsp3) is 0.333. The van der Waals surface area contributed by atoms with Gasteiger partial charge in [0.2, 0.25) is 5.95 Å². The standard InChI is InChI=1S/C12H13N5O2/c18-11(19)7-10-15-12-14-6-4-9(17(12)16-10)8-3-1-2-5-13-8/h1-3,5,9H,4,6-7H2,(H,18,19)(H,14,15,16). The van der Waals surface area contributed by atoms with Gasteiger partial charge in [-0.3, -0.25) is 9.78 Å². The van der Waals surface area contributed by atoms with Crippen LogP contribution in [0.2, 0.25) is 0 Å². The Balaban J connectivity index is 1.95. The predicted octanol–water partition coefficient (Wildman–Crippen LogP) is 0.705. The first-order chi connectivity index (χ1) is 9.24. The Kier molecular flexibility index (Phi) is 2.86. The molecule has 3 rings (SSSR count). The molecule has 0 amide bonds. The van der Waals surface area contributed by atoms with Gasteiger partial charge in [-0.1, -0.05) is 6.07 Å². The van der Waals surface area contributed by atoms with Gasteiger partial charge in [0, 0.05) is 12.7 Å². The first-order valence-electron chi connectivity index (χ1n) is 6.06. The number of carboxylic acids is 1. The number of hydrogen-bond acceptors (Lipinski definition) is 5. The third-order valence-electron chi connectivity index (χ3n) is 3.01. The maximum atomic E-state index is 10.7. The molecule has 1 aliphatic heterocycles. The minimum absolute atomic E-state index is 0.00694. The Labute approximate surface area is 109 Å². The highest BCUT2D eigenvalue weighted by Gasteiger charge is 2.25. The number of fused-ring (bicyclic) bond motifs is 1. The number of nitrogens with zero attached hydrogens (tertiary/aromatic N) is 4. The van der Waals surface area contributed by atoms with Crippen LogP contribution < -0.4 is 5.32 Å². The number of pyridine rings is 1. The van der Waals surface area contributed by atoms with Gasteiger partial charge in [0.05, 0.1) is 11.7 Å². The highest BCUT2D eigenvalue weighted by molar-refractivity contribution is 5.69. The van der Waals surface area contributed by atoms with E-state index in [4.69, 9.17) is 5.11 Å². The number of aromatic nitrogens is 4. The van der Waals surface area contributed by atoms with E-state index in [1.807, 2.05) is 18.2 Å². The van der Waals surface area contributed by atoms with E-state index in [0.29, 0.717) is 11.8 Å². The molecule has 19 heavy (non-hydrogen) atoms. The average molecular weight is 259 g/mol. The van der Waals surface area contributed by atoms with Gasteiger partial charge in [-0.15, -0.1) is 0 Å². The maximum Gasteiger partial charge on any atom is 0.311 e. The lowest BCUT2D eigenvalue weighted by atomic mass is 10.1. The van der Waals surface area contributed by atoms with E-state index >= 15 is 0 Å². The quantitative estimate of drug-likeness (QED) is 0.843. The molecule has 7 heteroatoms. The van der Waals surface area contributed by atoms with Crippen LogP contribution in [-0.4, -0.2) is 37.4 Å². The summed E-state index contributed by atoms with van der Waals surface area (Å²) in [5.74, 6) is -0.00619. The van der Waals surface area contributed by atoms with Crippen LogP contribution in [0.25, 0.3) is 0 Å². The Morgan fingerprint density at radius 2 is 2.42 bits per heavy atom. The first kappa shape index (κ1) is 11.6. The molecule has 0 bridgehead atoms. The number of nitrogens with one attached hydrogen (secondary N) is 1. The molecule has 0 fully saturated rings. The second kappa shape index (κ2) is 4.68. The third kappa shape index (κ3) is 2.26. The lowest BCUT2D eigenvalue weighted by Gasteiger charge is -2.23. The van der Waals surface area contributed by atoms with E-state index < -0.39 is 5.97 Å². The molecule has 2 N–H and O–H groups in total. The van der Waals surface area contributed by atoms with E-state index in [-0.39, 0.29) is 12.5 Å². The molecule has 0 saturated heterocycles. The third-order valence-corrected chi connectivity index (χ3v) is 3.01. The van der Waals surface area contributed by atoms with Crippen LogP contribution in [0.15, 0.2) is 24.4 Å². The van der Waals surface area contributed by atoms with E-state index in [9.17, 15) is 4.79 Å². The fourth-order valence-electron chi connectivity index (χ4n) is 2.20. The summed E-state index contributed by atoms with van der Waals surface area (Å²) in [5, 5.41) is 16.2. The number of carbonyl (C=O) groups is 1. The molecular formula is C12H13N5O2. The van der Waals surface area contributed by atoms with Crippen molar-refractivity contribution in [1.29, 1.82) is 0 Å². The van der Waals surface area contributed by atoms with Crippen LogP contribution >= 0.6 is 0 Å². The molecule has 1 unspecified atom stereocenters. The van der Waals surface area contributed by atoms with Gasteiger partial charge < -0.3 is 10.4 Å². The van der Waals surface area contributed by atoms with Crippen molar-refractivity contribution < 1.29 is 9.90 Å². The Hall–Kier alpha value is -2.44. The maximum absolute atomic E-state index is 10.7. The summed E-state index contributed by atoms with van der Waals surface area (Å²) in [6, 6.07) is 5.74. The molecule has 7 nitrogen and oxygen atoms in total. The second-order valence-electron chi connectivity index (χ2n) is 4.35. The molecule has 0 spiro atoms. The summed E-state index contributed by atoms with van der Waals surface area (Å²) in [6.45, 7) is 0.770. The molecule has 0 aromatic carbocycles. The molecule has 0 radical (unpaired) electrons. The van der Waals surface area contributed by atoms with Crippen LogP contribution in [0.4, 0.5) is 5.95 Å². The van der Waals surface area contributed by atoms with Crippen LogP contribution in [0, 0.1) is 0 Å². The summed E-state index contributed by atoms with van der Waals surface area (Å²) >= 11 is 0. The van der Waals surface area contributed by atoms with Gasteiger partial charge in [0.25, 0.3) is 0 Å². The molecular weight excluding hydrogens is 246 g/mol. The average Bonchev–Trinajstić information content (AvgIpc) is 2.80. The lowest BCUT2D eigenvalue weighted by Crippen LogP contribution is -2.25. The largest absolute Gasteiger partial charge is 0.481 e. The molecule has 98 valence electrons. The van der Waals surface area contributed by atoms with Crippen molar-refractivity contribution in [1.82, 2.24) is 19.7 Å². The molecule has 3 heterocycles. The summed E-state index contributed by atoms with van der Waals surface area (Å²) in [7, 11) is 0. The van der Waals surface area contributed by atoms with Crippen molar-refractivity contribution in [2.75, 3.05) is 11.9 Å². The molecule has 2 aromatic heterocycles. The Morgan fingerprint density at radius 1 is 1.53 bits per heavy atom. The number of hydrogen-bond donors (Lipinski definition) is 2. The molecule has 1 atom stereocenters. The molecule has 1 aliphatic rings. The van der Waals surface area contributed by atoms with Gasteiger partial charge >= 0.3 is 5.97 Å². The number of aliphatic carboxylic acids is 1. The number of anilines is 1. The summed E-state index contributed by atoms with van der Waals surface area (Å²) in [4.78, 5) is 19.2. The lowest BCUT2D eigenvalue weighted by molar-refractivity contribution is -0.136. The zero-order valence-corrected chi connectivity index (χ0v) is 10.2. The Morgan fingerprint density at radius 3 is 3.16 bits per heavy atom. The Bertz CT molecular complexity index is 595. The number of carboxylic acid groups (broad SMARTS) is 1. The van der Waals surface area contributed by atoms with Crippen molar-refractivity contribution >= 4 is 11.9 Å². The summed E-state index contributed by atoms with van der Waals surface area (Å²) in [5.41, 5.74) is 0.914. The second-order valence-corrected chi connectivity index (χ2v) is 4.35. The SMILES string of the molecule is O=C(O)Cc1nc2n(n1)C(c1ccccn1)CCN2. The van der Waals surface area contributed by atoms with Crippen molar-refractivity contribution in [2.24, 2.45) is 0 Å². The first-order valence-corrected chi connectivity index (χ1v) is 6.06. The van der Waals surface area contributed by atoms with Gasteiger partial charge in [-0.2, -0.15) is 10.1 Å². The topological polar surface area (TPSA) is 92.9 Å². The van der Waals surface area contributed by atoms with E-state index in [0.717, 1.165) is 18.7 Å². The van der Waals surface area contributed by atoms with Gasteiger partial charge in [-0.05, 0) is 18.6 Å². The zero-order valence-electron chi connectivity index (χ0n) is 10.2. The minimum atomic E-state index is -0.933. The summed E-state index contributed by atoms with van der Waals surface area (Å²) in [6.07, 6.45) is 2.42. The normalized spacial score (nSPS) is 17.6. The van der Waals surface area contributed by atoms with Gasteiger partial charge in [-0.25, -0.2) is 4.68 Å². The fourth-order valence-corrected chi connectivity index (χ4v) is 2.20. The predicted molar refractivity (Wildman–Crippen MR) is 66.8 cm³/mol. The smallest absolute Gasteiger partial charge is 0.311 e. The number of rotatable bonds is 3. The molecule has 0 aliphatic carbocycles. The van der Waals surface area contributed by atoms with Crippen LogP contribution in [0.1, 0.15) is 24.0 Å². The van der Waals surface area contributed by atoms with Gasteiger partial charge in [0.1, 0.15) is 6.42 Å². The van der Waals surface area contributed by atoms with Crippen LogP contribution in [0.5, 0.6) is 0 Å². The van der Waals surface area contributed by atoms with Crippen molar-refractivity contribution in [2.45, 2.75) is 18.9 Å². The highest BCUT2D eigenvalue weighted by Crippen LogP contribution is 2.26. The summed E-state index contributed by atoms with van der Waals surface area (Å²) < 4.78 is 1.73. The van der Waals surface area contributed by atoms with Gasteiger partial charge in [0.15, 0.2) is 5.82 Å². The van der Waals surface area contributed by atoms with Crippen molar-refractivity contribution in [3.05, 3.63) is 35.9 Å². The van der Waals surface area contributed by atoms with E-state index in [2.05, 4.69) is 20.4 Å². The van der Waals surface area contributed by atoms with Crippen molar-refractivity contribution in [3.63, 3.8) is 0 Å². The molecule has 0 saturated carbocycles. The monoisotopic (exact) mass is 259 g/mol. The minimum Gasteiger partial charge on any atom is -0.481 e. The van der Waals surface area contributed by atoms with Crippen LogP contribution in [-0.2, 0) is 11.2 Å². The van der Waals surface area contributed by atoms with E-state index in [1.165, 1.54) is 0 Å². The van der Waals surface area contributed by atoms with Crippen molar-refractivity contribution in [3.8, 4) is 0 Å².